The predicted octanol–water partition coefficient (Wildman–Crippen LogP) is 3.95. The average Bonchev–Trinajstić information content (AvgIpc) is 2.88. The lowest BCUT2D eigenvalue weighted by Crippen LogP contribution is -1.97. The van der Waals surface area contributed by atoms with E-state index in [0.717, 1.165) is 24.1 Å². The Morgan fingerprint density at radius 2 is 2.24 bits per heavy atom. The van der Waals surface area contributed by atoms with Gasteiger partial charge in [-0.2, -0.15) is 0 Å². The molecule has 0 saturated carbocycles. The molecule has 0 spiro atoms. The van der Waals surface area contributed by atoms with E-state index in [9.17, 15) is 0 Å². The summed E-state index contributed by atoms with van der Waals surface area (Å²) in [5, 5.41) is 10.0. The monoisotopic (exact) mass is 250 g/mol. The van der Waals surface area contributed by atoms with Gasteiger partial charge in [0.05, 0.1) is 4.88 Å². The summed E-state index contributed by atoms with van der Waals surface area (Å²) < 4.78 is 5.31. The first-order valence-electron chi connectivity index (χ1n) is 6.08. The maximum atomic E-state index is 5.31. The predicted molar refractivity (Wildman–Crippen MR) is 70.1 cm³/mol. The summed E-state index contributed by atoms with van der Waals surface area (Å²) in [6.45, 7) is 6.70. The molecule has 3 nitrogen and oxygen atoms in total. The van der Waals surface area contributed by atoms with Crippen molar-refractivity contribution in [1.29, 1.82) is 0 Å². The van der Waals surface area contributed by atoms with E-state index in [2.05, 4.69) is 36.3 Å². The van der Waals surface area contributed by atoms with E-state index in [0.29, 0.717) is 11.8 Å². The molecule has 0 N–H and O–H groups in total. The lowest BCUT2D eigenvalue weighted by atomic mass is 9.98. The molecule has 0 aliphatic heterocycles. The van der Waals surface area contributed by atoms with Gasteiger partial charge in [0, 0.05) is 0 Å². The van der Waals surface area contributed by atoms with E-state index in [-0.39, 0.29) is 0 Å². The molecule has 17 heavy (non-hydrogen) atoms. The Bertz CT molecular complexity index is 460. The lowest BCUT2D eigenvalue weighted by molar-refractivity contribution is 0.569. The second kappa shape index (κ2) is 5.45. The van der Waals surface area contributed by atoms with E-state index in [1.807, 2.05) is 0 Å². The van der Waals surface area contributed by atoms with Crippen molar-refractivity contribution in [3.8, 4) is 10.8 Å². The Hall–Kier alpha value is -1.16. The third-order valence-corrected chi connectivity index (χ3v) is 3.72. The van der Waals surface area contributed by atoms with Crippen molar-refractivity contribution < 1.29 is 4.42 Å². The van der Waals surface area contributed by atoms with Gasteiger partial charge < -0.3 is 4.42 Å². The Labute approximate surface area is 106 Å². The molecule has 0 atom stereocenters. The number of rotatable bonds is 5. The van der Waals surface area contributed by atoms with Crippen LogP contribution in [-0.2, 0) is 12.8 Å². The maximum absolute atomic E-state index is 5.31. The van der Waals surface area contributed by atoms with E-state index in [1.165, 1.54) is 17.5 Å². The molecule has 2 heterocycles. The Morgan fingerprint density at radius 3 is 2.82 bits per heavy atom. The molecule has 0 bridgehead atoms. The number of aromatic nitrogens is 2. The Morgan fingerprint density at radius 1 is 1.41 bits per heavy atom. The normalized spacial score (nSPS) is 11.3. The van der Waals surface area contributed by atoms with Crippen LogP contribution < -0.4 is 0 Å². The third kappa shape index (κ3) is 2.75. The molecule has 0 aliphatic rings. The number of thiophene rings is 1. The van der Waals surface area contributed by atoms with Crippen molar-refractivity contribution >= 4 is 11.3 Å². The minimum atomic E-state index is 0.661. The topological polar surface area (TPSA) is 38.9 Å². The molecular formula is C13H18N2OS. The highest BCUT2D eigenvalue weighted by Gasteiger charge is 2.16. The van der Waals surface area contributed by atoms with Crippen molar-refractivity contribution in [2.24, 2.45) is 5.92 Å². The highest BCUT2D eigenvalue weighted by Crippen LogP contribution is 2.33. The summed E-state index contributed by atoms with van der Waals surface area (Å²) in [6, 6.07) is 0. The molecule has 0 saturated heterocycles. The van der Waals surface area contributed by atoms with Crippen LogP contribution in [0.3, 0.4) is 0 Å². The van der Waals surface area contributed by atoms with Crippen LogP contribution >= 0.6 is 11.3 Å². The molecule has 0 aromatic carbocycles. The largest absolute Gasteiger partial charge is 0.423 e. The summed E-state index contributed by atoms with van der Waals surface area (Å²) in [7, 11) is 0. The fourth-order valence-corrected chi connectivity index (χ4v) is 3.07. The highest BCUT2D eigenvalue weighted by molar-refractivity contribution is 7.13. The van der Waals surface area contributed by atoms with Crippen molar-refractivity contribution in [1.82, 2.24) is 10.2 Å². The Kier molecular flexibility index (Phi) is 3.94. The summed E-state index contributed by atoms with van der Waals surface area (Å²) in [4.78, 5) is 1.15. The molecule has 2 rings (SSSR count). The average molecular weight is 250 g/mol. The van der Waals surface area contributed by atoms with Gasteiger partial charge in [-0.1, -0.05) is 27.2 Å². The smallest absolute Gasteiger partial charge is 0.257 e. The van der Waals surface area contributed by atoms with Gasteiger partial charge in [0.25, 0.3) is 5.89 Å². The van der Waals surface area contributed by atoms with Gasteiger partial charge in [0.15, 0.2) is 0 Å². The fourth-order valence-electron chi connectivity index (χ4n) is 2.00. The van der Waals surface area contributed by atoms with Gasteiger partial charge >= 0.3 is 0 Å². The zero-order valence-electron chi connectivity index (χ0n) is 10.6. The second-order valence-corrected chi connectivity index (χ2v) is 5.54. The second-order valence-electron chi connectivity index (χ2n) is 4.66. The highest BCUT2D eigenvalue weighted by atomic mass is 32.1. The molecule has 0 unspecified atom stereocenters. The van der Waals surface area contributed by atoms with Gasteiger partial charge in [0.2, 0.25) is 6.39 Å². The van der Waals surface area contributed by atoms with Crippen LogP contribution in [0.2, 0.25) is 0 Å². The van der Waals surface area contributed by atoms with Gasteiger partial charge in [-0.3, -0.25) is 0 Å². The van der Waals surface area contributed by atoms with Crippen molar-refractivity contribution in [3.05, 3.63) is 22.9 Å². The first-order chi connectivity index (χ1) is 8.22. The zero-order chi connectivity index (χ0) is 12.3. The SMILES string of the molecule is CCCc1c(CC(C)C)csc1-c1nnco1. The van der Waals surface area contributed by atoms with Crippen molar-refractivity contribution in [2.75, 3.05) is 0 Å². The van der Waals surface area contributed by atoms with E-state index in [4.69, 9.17) is 4.42 Å². The van der Waals surface area contributed by atoms with Crippen LogP contribution in [-0.4, -0.2) is 10.2 Å². The first-order valence-corrected chi connectivity index (χ1v) is 6.96. The zero-order valence-corrected chi connectivity index (χ0v) is 11.4. The van der Waals surface area contributed by atoms with Gasteiger partial charge in [-0.25, -0.2) is 0 Å². The number of hydrogen-bond donors (Lipinski definition) is 0. The molecule has 2 aromatic heterocycles. The molecule has 0 amide bonds. The molecular weight excluding hydrogens is 232 g/mol. The number of hydrogen-bond acceptors (Lipinski definition) is 4. The maximum Gasteiger partial charge on any atom is 0.257 e. The van der Waals surface area contributed by atoms with Crippen LogP contribution in [0.5, 0.6) is 0 Å². The van der Waals surface area contributed by atoms with Crippen LogP contribution in [0, 0.1) is 5.92 Å². The lowest BCUT2D eigenvalue weighted by Gasteiger charge is -2.07. The van der Waals surface area contributed by atoms with Gasteiger partial charge in [-0.15, -0.1) is 21.5 Å². The van der Waals surface area contributed by atoms with E-state index in [1.54, 1.807) is 11.3 Å². The van der Waals surface area contributed by atoms with Crippen LogP contribution in [0.15, 0.2) is 16.2 Å². The molecule has 0 radical (unpaired) electrons. The quantitative estimate of drug-likeness (QED) is 0.806. The molecule has 2 aromatic rings. The summed E-state index contributed by atoms with van der Waals surface area (Å²) in [5.41, 5.74) is 2.84. The number of nitrogens with zero attached hydrogens (tertiary/aromatic N) is 2. The Balaban J connectivity index is 2.36. The van der Waals surface area contributed by atoms with Gasteiger partial charge in [-0.05, 0) is 35.3 Å². The first kappa shape index (κ1) is 12.3. The van der Waals surface area contributed by atoms with Crippen molar-refractivity contribution in [3.63, 3.8) is 0 Å². The summed E-state index contributed by atoms with van der Waals surface area (Å²) >= 11 is 1.72. The van der Waals surface area contributed by atoms with Gasteiger partial charge in [0.1, 0.15) is 0 Å². The molecule has 4 heteroatoms. The van der Waals surface area contributed by atoms with E-state index >= 15 is 0 Å². The third-order valence-electron chi connectivity index (χ3n) is 2.66. The minimum Gasteiger partial charge on any atom is -0.423 e. The fraction of sp³-hybridized carbons (Fsp3) is 0.538. The standard InChI is InChI=1S/C13H18N2OS/c1-4-5-11-10(6-9(2)3)7-17-12(11)13-15-14-8-16-13/h7-9H,4-6H2,1-3H3. The van der Waals surface area contributed by atoms with Crippen LogP contribution in [0.25, 0.3) is 10.8 Å². The summed E-state index contributed by atoms with van der Waals surface area (Å²) in [5.74, 6) is 1.34. The molecule has 0 aliphatic carbocycles. The van der Waals surface area contributed by atoms with Crippen LogP contribution in [0.4, 0.5) is 0 Å². The van der Waals surface area contributed by atoms with Crippen LogP contribution in [0.1, 0.15) is 38.3 Å². The minimum absolute atomic E-state index is 0.661. The van der Waals surface area contributed by atoms with Crippen molar-refractivity contribution in [2.45, 2.75) is 40.0 Å². The van der Waals surface area contributed by atoms with E-state index < -0.39 is 0 Å². The molecule has 0 fully saturated rings. The molecule has 92 valence electrons. The summed E-state index contributed by atoms with van der Waals surface area (Å²) in [6.07, 6.45) is 4.75.